The Morgan fingerprint density at radius 1 is 1.33 bits per heavy atom. The van der Waals surface area contributed by atoms with E-state index in [9.17, 15) is 9.59 Å². The van der Waals surface area contributed by atoms with E-state index in [1.807, 2.05) is 6.07 Å². The number of nitrogens with one attached hydrogen (secondary N) is 1. The lowest BCUT2D eigenvalue weighted by Gasteiger charge is -2.26. The van der Waals surface area contributed by atoms with E-state index in [1.54, 1.807) is 43.3 Å². The highest BCUT2D eigenvalue weighted by Gasteiger charge is 2.34. The molecule has 0 radical (unpaired) electrons. The molecule has 1 N–H and O–H groups in total. The Labute approximate surface area is 123 Å². The first-order chi connectivity index (χ1) is 10.0. The Morgan fingerprint density at radius 2 is 2.00 bits per heavy atom. The molecule has 1 atom stereocenters. The first-order valence-corrected chi connectivity index (χ1v) is 6.82. The number of hydrogen-bond acceptors (Lipinski definition) is 3. The molecule has 0 aliphatic carbocycles. The fraction of sp³-hybridized carbons (Fsp3) is 0.400. The minimum Gasteiger partial charge on any atom is -0.347 e. The normalized spacial score (nSPS) is 17.2. The third-order valence-corrected chi connectivity index (χ3v) is 3.50. The van der Waals surface area contributed by atoms with Gasteiger partial charge in [0.05, 0.1) is 11.6 Å². The maximum Gasteiger partial charge on any atom is 0.322 e. The number of carbonyl (C=O) groups is 2. The topological polar surface area (TPSA) is 76.4 Å². The molecule has 1 aromatic carbocycles. The first-order valence-electron chi connectivity index (χ1n) is 6.82. The SMILES string of the molecule is CN(C)C(=O)C1CCCN1C(=O)Nc1ccc(C#N)cc1. The summed E-state index contributed by atoms with van der Waals surface area (Å²) in [5, 5.41) is 11.5. The van der Waals surface area contributed by atoms with Crippen LogP contribution in [0.2, 0.25) is 0 Å². The molecule has 110 valence electrons. The third-order valence-electron chi connectivity index (χ3n) is 3.50. The van der Waals surface area contributed by atoms with Gasteiger partial charge in [-0.3, -0.25) is 4.79 Å². The van der Waals surface area contributed by atoms with Crippen molar-refractivity contribution in [1.82, 2.24) is 9.80 Å². The number of likely N-dealkylation sites (tertiary alicyclic amines) is 1. The lowest BCUT2D eigenvalue weighted by molar-refractivity contribution is -0.132. The summed E-state index contributed by atoms with van der Waals surface area (Å²) in [6.07, 6.45) is 1.52. The average molecular weight is 286 g/mol. The number of carbonyl (C=O) groups excluding carboxylic acids is 2. The van der Waals surface area contributed by atoms with Crippen LogP contribution in [0, 0.1) is 11.3 Å². The molecular weight excluding hydrogens is 268 g/mol. The molecule has 0 saturated carbocycles. The Hall–Kier alpha value is -2.55. The van der Waals surface area contributed by atoms with Crippen LogP contribution >= 0.6 is 0 Å². The first kappa shape index (κ1) is 14.9. The monoisotopic (exact) mass is 286 g/mol. The third kappa shape index (κ3) is 3.31. The Balaban J connectivity index is 2.05. The Kier molecular flexibility index (Phi) is 4.43. The van der Waals surface area contributed by atoms with Crippen molar-refractivity contribution in [2.45, 2.75) is 18.9 Å². The zero-order valence-electron chi connectivity index (χ0n) is 12.2. The fourth-order valence-electron chi connectivity index (χ4n) is 2.39. The molecule has 21 heavy (non-hydrogen) atoms. The van der Waals surface area contributed by atoms with Crippen LogP contribution in [-0.4, -0.2) is 48.4 Å². The van der Waals surface area contributed by atoms with Crippen molar-refractivity contribution in [2.24, 2.45) is 0 Å². The molecule has 6 nitrogen and oxygen atoms in total. The van der Waals surface area contributed by atoms with Crippen molar-refractivity contribution in [2.75, 3.05) is 26.0 Å². The van der Waals surface area contributed by atoms with Gasteiger partial charge < -0.3 is 15.1 Å². The molecule has 0 spiro atoms. The van der Waals surface area contributed by atoms with Gasteiger partial charge in [-0.25, -0.2) is 4.79 Å². The largest absolute Gasteiger partial charge is 0.347 e. The molecule has 0 bridgehead atoms. The number of benzene rings is 1. The van der Waals surface area contributed by atoms with Crippen LogP contribution in [0.5, 0.6) is 0 Å². The molecule has 6 heteroatoms. The van der Waals surface area contributed by atoms with Crippen molar-refractivity contribution in [3.63, 3.8) is 0 Å². The molecule has 1 unspecified atom stereocenters. The van der Waals surface area contributed by atoms with Gasteiger partial charge in [-0.05, 0) is 37.1 Å². The number of nitriles is 1. The van der Waals surface area contributed by atoms with E-state index >= 15 is 0 Å². The summed E-state index contributed by atoms with van der Waals surface area (Å²) in [7, 11) is 3.38. The van der Waals surface area contributed by atoms with E-state index in [0.29, 0.717) is 24.2 Å². The molecule has 0 aromatic heterocycles. The highest BCUT2D eigenvalue weighted by molar-refractivity contribution is 5.94. The maximum atomic E-state index is 12.3. The minimum atomic E-state index is -0.390. The number of amides is 3. The quantitative estimate of drug-likeness (QED) is 0.898. The number of rotatable bonds is 2. The Morgan fingerprint density at radius 3 is 2.57 bits per heavy atom. The van der Waals surface area contributed by atoms with Crippen LogP contribution in [0.4, 0.5) is 10.5 Å². The zero-order chi connectivity index (χ0) is 15.4. The number of urea groups is 1. The van der Waals surface area contributed by atoms with Crippen molar-refractivity contribution in [3.05, 3.63) is 29.8 Å². The van der Waals surface area contributed by atoms with Crippen LogP contribution < -0.4 is 5.32 Å². The number of hydrogen-bond donors (Lipinski definition) is 1. The zero-order valence-corrected chi connectivity index (χ0v) is 12.2. The van der Waals surface area contributed by atoms with E-state index in [0.717, 1.165) is 6.42 Å². The summed E-state index contributed by atoms with van der Waals surface area (Å²) >= 11 is 0. The summed E-state index contributed by atoms with van der Waals surface area (Å²) in [6, 6.07) is 7.99. The molecule has 1 heterocycles. The highest BCUT2D eigenvalue weighted by atomic mass is 16.2. The minimum absolute atomic E-state index is 0.0533. The van der Waals surface area contributed by atoms with E-state index < -0.39 is 6.04 Å². The van der Waals surface area contributed by atoms with Gasteiger partial charge in [0, 0.05) is 26.3 Å². The van der Waals surface area contributed by atoms with E-state index in [2.05, 4.69) is 5.32 Å². The summed E-state index contributed by atoms with van der Waals surface area (Å²) in [6.45, 7) is 0.576. The lowest BCUT2D eigenvalue weighted by atomic mass is 10.2. The van der Waals surface area contributed by atoms with E-state index in [1.165, 1.54) is 4.90 Å². The molecule has 1 aromatic rings. The van der Waals surface area contributed by atoms with Gasteiger partial charge in [-0.15, -0.1) is 0 Å². The van der Waals surface area contributed by atoms with Gasteiger partial charge in [0.15, 0.2) is 0 Å². The van der Waals surface area contributed by atoms with Gasteiger partial charge >= 0.3 is 6.03 Å². The molecule has 1 fully saturated rings. The fourth-order valence-corrected chi connectivity index (χ4v) is 2.39. The Bertz CT molecular complexity index is 574. The summed E-state index contributed by atoms with van der Waals surface area (Å²) in [5.74, 6) is -0.0533. The van der Waals surface area contributed by atoms with Crippen molar-refractivity contribution < 1.29 is 9.59 Å². The molecule has 3 amide bonds. The van der Waals surface area contributed by atoms with E-state index in [-0.39, 0.29) is 11.9 Å². The second-order valence-corrected chi connectivity index (χ2v) is 5.20. The van der Waals surface area contributed by atoms with Gasteiger partial charge in [0.25, 0.3) is 0 Å². The van der Waals surface area contributed by atoms with Crippen LogP contribution in [0.3, 0.4) is 0 Å². The summed E-state index contributed by atoms with van der Waals surface area (Å²) < 4.78 is 0. The van der Waals surface area contributed by atoms with Crippen LogP contribution in [-0.2, 0) is 4.79 Å². The predicted molar refractivity (Wildman–Crippen MR) is 78.6 cm³/mol. The molecular formula is C15H18N4O2. The van der Waals surface area contributed by atoms with Crippen molar-refractivity contribution in [1.29, 1.82) is 5.26 Å². The van der Waals surface area contributed by atoms with Gasteiger partial charge in [-0.2, -0.15) is 5.26 Å². The van der Waals surface area contributed by atoms with Crippen LogP contribution in [0.1, 0.15) is 18.4 Å². The average Bonchev–Trinajstić information content (AvgIpc) is 2.96. The standard InChI is InChI=1S/C15H18N4O2/c1-18(2)14(20)13-4-3-9-19(13)15(21)17-12-7-5-11(10-16)6-8-12/h5-8,13H,3-4,9H2,1-2H3,(H,17,21). The molecule has 1 aliphatic heterocycles. The maximum absolute atomic E-state index is 12.3. The van der Waals surface area contributed by atoms with Crippen molar-refractivity contribution >= 4 is 17.6 Å². The number of nitrogens with zero attached hydrogens (tertiary/aromatic N) is 3. The van der Waals surface area contributed by atoms with Crippen LogP contribution in [0.15, 0.2) is 24.3 Å². The van der Waals surface area contributed by atoms with Crippen molar-refractivity contribution in [3.8, 4) is 6.07 Å². The second kappa shape index (κ2) is 6.27. The van der Waals surface area contributed by atoms with E-state index in [4.69, 9.17) is 5.26 Å². The second-order valence-electron chi connectivity index (χ2n) is 5.20. The molecule has 1 aliphatic rings. The lowest BCUT2D eigenvalue weighted by Crippen LogP contribution is -2.47. The number of likely N-dealkylation sites (N-methyl/N-ethyl adjacent to an activating group) is 1. The van der Waals surface area contributed by atoms with Gasteiger partial charge in [-0.1, -0.05) is 0 Å². The summed E-state index contributed by atoms with van der Waals surface area (Å²) in [5.41, 5.74) is 1.15. The summed E-state index contributed by atoms with van der Waals surface area (Å²) in [4.78, 5) is 27.4. The van der Waals surface area contributed by atoms with Crippen LogP contribution in [0.25, 0.3) is 0 Å². The smallest absolute Gasteiger partial charge is 0.322 e. The molecule has 2 rings (SSSR count). The van der Waals surface area contributed by atoms with Gasteiger partial charge in [0.2, 0.25) is 5.91 Å². The molecule has 1 saturated heterocycles. The predicted octanol–water partition coefficient (Wildman–Crippen LogP) is 1.64. The van der Waals surface area contributed by atoms with Gasteiger partial charge in [0.1, 0.15) is 6.04 Å². The number of anilines is 1. The highest BCUT2D eigenvalue weighted by Crippen LogP contribution is 2.20.